The quantitative estimate of drug-likeness (QED) is 0.475. The monoisotopic (exact) mass is 494 g/mol. The first kappa shape index (κ1) is 23.5. The summed E-state index contributed by atoms with van der Waals surface area (Å²) in [6.45, 7) is 4.60. The Balaban J connectivity index is 1.47. The largest absolute Gasteiger partial charge is 0.487 e. The number of fused-ring (bicyclic) bond motifs is 1. The summed E-state index contributed by atoms with van der Waals surface area (Å²) >= 11 is 0.972. The first-order valence-corrected chi connectivity index (χ1v) is 12.9. The molecule has 13 heteroatoms. The number of hydrogen-bond acceptors (Lipinski definition) is 9. The van der Waals surface area contributed by atoms with Gasteiger partial charge in [0.1, 0.15) is 24.1 Å². The van der Waals surface area contributed by atoms with Crippen LogP contribution in [0.1, 0.15) is 38.4 Å². The molecule has 3 heterocycles. The number of carbonyl (C=O) groups is 1. The number of thiazole rings is 1. The highest BCUT2D eigenvalue weighted by atomic mass is 32.2. The SMILES string of the molecule is CC(C)C(C(=O)N1CCCC1CO)n1cc(COc2ccc3nc(S(N)(=O)=O)sc3c2)nn1. The maximum Gasteiger partial charge on any atom is 0.265 e. The van der Waals surface area contributed by atoms with Gasteiger partial charge in [0.05, 0.1) is 29.1 Å². The number of sulfonamides is 1. The number of amides is 1. The smallest absolute Gasteiger partial charge is 0.265 e. The molecule has 1 amide bonds. The molecule has 3 N–H and O–H groups in total. The van der Waals surface area contributed by atoms with Crippen molar-refractivity contribution in [2.75, 3.05) is 13.2 Å². The Hall–Kier alpha value is -2.61. The van der Waals surface area contributed by atoms with Gasteiger partial charge in [-0.2, -0.15) is 0 Å². The topological polar surface area (TPSA) is 154 Å². The van der Waals surface area contributed by atoms with Gasteiger partial charge in [-0.15, -0.1) is 16.4 Å². The van der Waals surface area contributed by atoms with Gasteiger partial charge in [-0.05, 0) is 37.0 Å². The van der Waals surface area contributed by atoms with Crippen LogP contribution in [0.3, 0.4) is 0 Å². The van der Waals surface area contributed by atoms with E-state index in [4.69, 9.17) is 9.88 Å². The van der Waals surface area contributed by atoms with Crippen LogP contribution in [-0.4, -0.2) is 63.5 Å². The molecule has 0 bridgehead atoms. The molecule has 178 valence electrons. The fourth-order valence-corrected chi connectivity index (χ4v) is 5.64. The van der Waals surface area contributed by atoms with Crippen molar-refractivity contribution < 1.29 is 23.1 Å². The number of carbonyl (C=O) groups excluding carboxylic acids is 1. The number of aliphatic hydroxyl groups excluding tert-OH is 1. The highest BCUT2D eigenvalue weighted by molar-refractivity contribution is 7.91. The molecule has 1 fully saturated rings. The van der Waals surface area contributed by atoms with Crippen molar-refractivity contribution in [3.05, 3.63) is 30.1 Å². The minimum absolute atomic E-state index is 0.0188. The van der Waals surface area contributed by atoms with Crippen molar-refractivity contribution in [3.8, 4) is 5.75 Å². The van der Waals surface area contributed by atoms with Crippen LogP contribution in [0.4, 0.5) is 0 Å². The van der Waals surface area contributed by atoms with E-state index in [1.54, 1.807) is 34.0 Å². The van der Waals surface area contributed by atoms with E-state index in [9.17, 15) is 18.3 Å². The number of likely N-dealkylation sites (tertiary alicyclic amines) is 1. The molecular weight excluding hydrogens is 468 g/mol. The first-order chi connectivity index (χ1) is 15.7. The van der Waals surface area contributed by atoms with E-state index >= 15 is 0 Å². The zero-order valence-corrected chi connectivity index (χ0v) is 19.9. The molecule has 0 saturated carbocycles. The maximum atomic E-state index is 13.2. The number of primary sulfonamides is 1. The standard InChI is InChI=1S/C20H26N6O5S2/c1-12(2)18(19(28)25-7-3-4-14(25)10-27)26-9-13(23-24-26)11-31-15-5-6-16-17(8-15)32-20(22-16)33(21,29)30/h5-6,8-9,12,14,18,27H,3-4,7,10-11H2,1-2H3,(H2,21,29,30). The van der Waals surface area contributed by atoms with Gasteiger partial charge in [0.2, 0.25) is 10.2 Å². The lowest BCUT2D eigenvalue weighted by molar-refractivity contribution is -0.138. The van der Waals surface area contributed by atoms with E-state index in [0.717, 1.165) is 24.2 Å². The van der Waals surface area contributed by atoms with Gasteiger partial charge >= 0.3 is 0 Å². The molecule has 1 saturated heterocycles. The van der Waals surface area contributed by atoms with Crippen LogP contribution in [0.25, 0.3) is 10.2 Å². The minimum atomic E-state index is -3.86. The summed E-state index contributed by atoms with van der Waals surface area (Å²) < 4.78 is 30.9. The Bertz CT molecular complexity index is 1250. The molecule has 0 radical (unpaired) electrons. The molecule has 2 atom stereocenters. The molecule has 4 rings (SSSR count). The molecule has 1 aliphatic heterocycles. The fraction of sp³-hybridized carbons (Fsp3) is 0.500. The minimum Gasteiger partial charge on any atom is -0.487 e. The number of benzene rings is 1. The molecule has 1 aromatic carbocycles. The predicted octanol–water partition coefficient (Wildman–Crippen LogP) is 1.29. The van der Waals surface area contributed by atoms with Gasteiger partial charge in [0.15, 0.2) is 0 Å². The number of aromatic nitrogens is 4. The number of rotatable bonds is 8. The zero-order chi connectivity index (χ0) is 23.8. The highest BCUT2D eigenvalue weighted by Gasteiger charge is 2.35. The molecular formula is C20H26N6O5S2. The third kappa shape index (κ3) is 5.00. The average molecular weight is 495 g/mol. The summed E-state index contributed by atoms with van der Waals surface area (Å²) in [5, 5.41) is 23.0. The first-order valence-electron chi connectivity index (χ1n) is 10.6. The van der Waals surface area contributed by atoms with Gasteiger partial charge in [0, 0.05) is 6.54 Å². The lowest BCUT2D eigenvalue weighted by Gasteiger charge is -2.29. The van der Waals surface area contributed by atoms with Crippen molar-refractivity contribution in [2.24, 2.45) is 11.1 Å². The van der Waals surface area contributed by atoms with E-state index in [-0.39, 0.29) is 35.4 Å². The molecule has 0 aliphatic carbocycles. The average Bonchev–Trinajstić information content (AvgIpc) is 3.50. The van der Waals surface area contributed by atoms with Crippen molar-refractivity contribution >= 4 is 37.5 Å². The van der Waals surface area contributed by atoms with Crippen LogP contribution in [-0.2, 0) is 21.4 Å². The van der Waals surface area contributed by atoms with Crippen molar-refractivity contribution in [1.29, 1.82) is 0 Å². The second-order valence-electron chi connectivity index (χ2n) is 8.33. The van der Waals surface area contributed by atoms with Crippen LogP contribution in [0.5, 0.6) is 5.75 Å². The van der Waals surface area contributed by atoms with Crippen LogP contribution in [0.15, 0.2) is 28.7 Å². The number of ether oxygens (including phenoxy) is 1. The normalized spacial score (nSPS) is 17.7. The summed E-state index contributed by atoms with van der Waals surface area (Å²) in [6, 6.07) is 4.36. The van der Waals surface area contributed by atoms with E-state index in [2.05, 4.69) is 15.3 Å². The van der Waals surface area contributed by atoms with Gasteiger partial charge in [-0.3, -0.25) is 4.79 Å². The van der Waals surface area contributed by atoms with E-state index in [0.29, 0.717) is 28.2 Å². The number of nitrogens with two attached hydrogens (primary N) is 1. The van der Waals surface area contributed by atoms with Crippen molar-refractivity contribution in [1.82, 2.24) is 24.9 Å². The van der Waals surface area contributed by atoms with E-state index < -0.39 is 16.1 Å². The summed E-state index contributed by atoms with van der Waals surface area (Å²) in [5.41, 5.74) is 1.06. The molecule has 11 nitrogen and oxygen atoms in total. The van der Waals surface area contributed by atoms with Gasteiger partial charge in [0.25, 0.3) is 10.0 Å². The molecule has 0 spiro atoms. The molecule has 3 aromatic rings. The summed E-state index contributed by atoms with van der Waals surface area (Å²) in [5.74, 6) is 0.427. The molecule has 2 aromatic heterocycles. The summed E-state index contributed by atoms with van der Waals surface area (Å²) in [4.78, 5) is 18.9. The number of aliphatic hydroxyl groups is 1. The highest BCUT2D eigenvalue weighted by Crippen LogP contribution is 2.29. The van der Waals surface area contributed by atoms with Gasteiger partial charge in [-0.1, -0.05) is 19.1 Å². The lowest BCUT2D eigenvalue weighted by atomic mass is 10.0. The number of nitrogens with zero attached hydrogens (tertiary/aromatic N) is 5. The second kappa shape index (κ2) is 9.33. The summed E-state index contributed by atoms with van der Waals surface area (Å²) in [6.07, 6.45) is 3.37. The third-order valence-corrected chi connectivity index (χ3v) is 7.91. The van der Waals surface area contributed by atoms with Crippen LogP contribution in [0, 0.1) is 5.92 Å². The molecule has 33 heavy (non-hydrogen) atoms. The maximum absolute atomic E-state index is 13.2. The summed E-state index contributed by atoms with van der Waals surface area (Å²) in [7, 11) is -3.86. The van der Waals surface area contributed by atoms with Crippen LogP contribution < -0.4 is 9.88 Å². The van der Waals surface area contributed by atoms with E-state index in [1.165, 1.54) is 0 Å². The lowest BCUT2D eigenvalue weighted by Crippen LogP contribution is -2.43. The number of hydrogen-bond donors (Lipinski definition) is 2. The molecule has 2 unspecified atom stereocenters. The Kier molecular flexibility index (Phi) is 6.66. The Labute approximate surface area is 195 Å². The Morgan fingerprint density at radius 3 is 2.88 bits per heavy atom. The zero-order valence-electron chi connectivity index (χ0n) is 18.3. The van der Waals surface area contributed by atoms with Gasteiger partial charge in [-0.25, -0.2) is 23.2 Å². The van der Waals surface area contributed by atoms with Gasteiger partial charge < -0.3 is 14.7 Å². The second-order valence-corrected chi connectivity index (χ2v) is 11.1. The Morgan fingerprint density at radius 1 is 1.39 bits per heavy atom. The third-order valence-electron chi connectivity index (χ3n) is 5.57. The Morgan fingerprint density at radius 2 is 2.18 bits per heavy atom. The van der Waals surface area contributed by atoms with Crippen molar-refractivity contribution in [3.63, 3.8) is 0 Å². The van der Waals surface area contributed by atoms with Crippen molar-refractivity contribution in [2.45, 2.75) is 49.7 Å². The fourth-order valence-electron chi connectivity index (χ4n) is 3.96. The van der Waals surface area contributed by atoms with Crippen LogP contribution >= 0.6 is 11.3 Å². The van der Waals surface area contributed by atoms with E-state index in [1.807, 2.05) is 13.8 Å². The molecule has 1 aliphatic rings. The van der Waals surface area contributed by atoms with Crippen LogP contribution in [0.2, 0.25) is 0 Å². The predicted molar refractivity (Wildman–Crippen MR) is 121 cm³/mol.